The van der Waals surface area contributed by atoms with E-state index < -0.39 is 6.10 Å². The van der Waals surface area contributed by atoms with Crippen molar-refractivity contribution in [2.45, 2.75) is 20.0 Å². The second kappa shape index (κ2) is 5.61. The zero-order valence-electron chi connectivity index (χ0n) is 9.43. The van der Waals surface area contributed by atoms with E-state index in [-0.39, 0.29) is 5.92 Å². The number of hydrogen-bond acceptors (Lipinski definition) is 3. The van der Waals surface area contributed by atoms with Crippen LogP contribution in [0.1, 0.15) is 13.8 Å². The van der Waals surface area contributed by atoms with Gasteiger partial charge in [-0.15, -0.1) is 0 Å². The summed E-state index contributed by atoms with van der Waals surface area (Å²) in [5.41, 5.74) is 0. The molecule has 84 valence electrons. The molecule has 0 aliphatic rings. The molecule has 1 unspecified atom stereocenters. The SMILES string of the molecule is COc1cccc(OCC(O)C(C)C)c1. The number of benzene rings is 1. The number of aliphatic hydroxyl groups is 1. The lowest BCUT2D eigenvalue weighted by molar-refractivity contribution is 0.0700. The summed E-state index contributed by atoms with van der Waals surface area (Å²) < 4.78 is 10.5. The van der Waals surface area contributed by atoms with Crippen molar-refractivity contribution in [3.63, 3.8) is 0 Å². The molecule has 0 saturated carbocycles. The van der Waals surface area contributed by atoms with Gasteiger partial charge < -0.3 is 14.6 Å². The number of rotatable bonds is 5. The molecule has 0 radical (unpaired) electrons. The minimum absolute atomic E-state index is 0.204. The van der Waals surface area contributed by atoms with E-state index in [4.69, 9.17) is 9.47 Å². The Bertz CT molecular complexity index is 297. The minimum Gasteiger partial charge on any atom is -0.497 e. The van der Waals surface area contributed by atoms with Gasteiger partial charge in [-0.25, -0.2) is 0 Å². The van der Waals surface area contributed by atoms with Crippen molar-refractivity contribution in [2.24, 2.45) is 5.92 Å². The van der Waals surface area contributed by atoms with Crippen molar-refractivity contribution in [1.29, 1.82) is 0 Å². The standard InChI is InChI=1S/C12H18O3/c1-9(2)12(13)8-15-11-6-4-5-10(7-11)14-3/h4-7,9,12-13H,8H2,1-3H3. The first-order valence-corrected chi connectivity index (χ1v) is 5.08. The Hall–Kier alpha value is -1.22. The van der Waals surface area contributed by atoms with E-state index in [9.17, 15) is 5.11 Å². The van der Waals surface area contributed by atoms with Crippen LogP contribution < -0.4 is 9.47 Å². The molecule has 1 aromatic carbocycles. The highest BCUT2D eigenvalue weighted by Crippen LogP contribution is 2.19. The highest BCUT2D eigenvalue weighted by Gasteiger charge is 2.09. The van der Waals surface area contributed by atoms with Gasteiger partial charge >= 0.3 is 0 Å². The van der Waals surface area contributed by atoms with Crippen molar-refractivity contribution in [2.75, 3.05) is 13.7 Å². The van der Waals surface area contributed by atoms with Gasteiger partial charge in [0.2, 0.25) is 0 Å². The number of aliphatic hydroxyl groups excluding tert-OH is 1. The van der Waals surface area contributed by atoms with Crippen molar-refractivity contribution < 1.29 is 14.6 Å². The Morgan fingerprint density at radius 3 is 2.53 bits per heavy atom. The summed E-state index contributed by atoms with van der Waals surface area (Å²) in [5.74, 6) is 1.68. The molecule has 1 N–H and O–H groups in total. The molecule has 0 spiro atoms. The molecular weight excluding hydrogens is 192 g/mol. The lowest BCUT2D eigenvalue weighted by atomic mass is 10.1. The van der Waals surface area contributed by atoms with Crippen LogP contribution in [0.4, 0.5) is 0 Å². The molecule has 3 heteroatoms. The van der Waals surface area contributed by atoms with Crippen molar-refractivity contribution in [1.82, 2.24) is 0 Å². The average molecular weight is 210 g/mol. The molecule has 0 saturated heterocycles. The Morgan fingerprint density at radius 1 is 1.27 bits per heavy atom. The summed E-state index contributed by atoms with van der Waals surface area (Å²) in [7, 11) is 1.61. The van der Waals surface area contributed by atoms with Gasteiger partial charge in [0.15, 0.2) is 0 Å². The Balaban J connectivity index is 2.50. The summed E-state index contributed by atoms with van der Waals surface area (Å²) in [6.07, 6.45) is -0.434. The van der Waals surface area contributed by atoms with Crippen LogP contribution in [0.15, 0.2) is 24.3 Å². The predicted molar refractivity (Wildman–Crippen MR) is 59.3 cm³/mol. The maximum Gasteiger partial charge on any atom is 0.123 e. The van der Waals surface area contributed by atoms with Crippen LogP contribution in [-0.4, -0.2) is 24.9 Å². The molecule has 0 fully saturated rings. The van der Waals surface area contributed by atoms with E-state index in [2.05, 4.69) is 0 Å². The van der Waals surface area contributed by atoms with Gasteiger partial charge in [0.05, 0.1) is 13.2 Å². The summed E-state index contributed by atoms with van der Waals surface area (Å²) in [4.78, 5) is 0. The average Bonchev–Trinajstić information content (AvgIpc) is 2.26. The van der Waals surface area contributed by atoms with Gasteiger partial charge in [0.25, 0.3) is 0 Å². The van der Waals surface area contributed by atoms with Crippen LogP contribution in [0, 0.1) is 5.92 Å². The summed E-state index contributed by atoms with van der Waals surface area (Å²) in [5, 5.41) is 9.56. The summed E-state index contributed by atoms with van der Waals surface area (Å²) in [6.45, 7) is 4.23. The van der Waals surface area contributed by atoms with E-state index >= 15 is 0 Å². The first-order chi connectivity index (χ1) is 7.13. The quantitative estimate of drug-likeness (QED) is 0.808. The van der Waals surface area contributed by atoms with Crippen LogP contribution in [0.25, 0.3) is 0 Å². The van der Waals surface area contributed by atoms with E-state index in [0.717, 1.165) is 5.75 Å². The zero-order chi connectivity index (χ0) is 11.3. The molecule has 0 aromatic heterocycles. The topological polar surface area (TPSA) is 38.7 Å². The molecule has 1 aromatic rings. The third-order valence-electron chi connectivity index (χ3n) is 2.23. The van der Waals surface area contributed by atoms with Crippen LogP contribution in [-0.2, 0) is 0 Å². The largest absolute Gasteiger partial charge is 0.497 e. The van der Waals surface area contributed by atoms with Crippen LogP contribution in [0.3, 0.4) is 0 Å². The Labute approximate surface area is 90.6 Å². The third kappa shape index (κ3) is 3.80. The normalized spacial score (nSPS) is 12.6. The third-order valence-corrected chi connectivity index (χ3v) is 2.23. The molecule has 0 heterocycles. The monoisotopic (exact) mass is 210 g/mol. The van der Waals surface area contributed by atoms with Crippen molar-refractivity contribution in [3.8, 4) is 11.5 Å². The van der Waals surface area contributed by atoms with E-state index in [1.54, 1.807) is 13.2 Å². The van der Waals surface area contributed by atoms with Crippen LogP contribution in [0.2, 0.25) is 0 Å². The highest BCUT2D eigenvalue weighted by molar-refractivity contribution is 5.32. The van der Waals surface area contributed by atoms with E-state index in [1.807, 2.05) is 32.0 Å². The molecule has 0 aliphatic heterocycles. The van der Waals surface area contributed by atoms with Gasteiger partial charge in [-0.3, -0.25) is 0 Å². The Morgan fingerprint density at radius 2 is 1.93 bits per heavy atom. The molecular formula is C12H18O3. The molecule has 1 rings (SSSR count). The fourth-order valence-electron chi connectivity index (χ4n) is 1.07. The first-order valence-electron chi connectivity index (χ1n) is 5.08. The maximum absolute atomic E-state index is 9.56. The fraction of sp³-hybridized carbons (Fsp3) is 0.500. The van der Waals surface area contributed by atoms with Crippen molar-refractivity contribution in [3.05, 3.63) is 24.3 Å². The second-order valence-electron chi connectivity index (χ2n) is 3.80. The maximum atomic E-state index is 9.56. The highest BCUT2D eigenvalue weighted by atomic mass is 16.5. The minimum atomic E-state index is -0.434. The van der Waals surface area contributed by atoms with E-state index in [0.29, 0.717) is 12.4 Å². The summed E-state index contributed by atoms with van der Waals surface area (Å²) >= 11 is 0. The van der Waals surface area contributed by atoms with Crippen LogP contribution in [0.5, 0.6) is 11.5 Å². The second-order valence-corrected chi connectivity index (χ2v) is 3.80. The van der Waals surface area contributed by atoms with Gasteiger partial charge in [0, 0.05) is 6.07 Å². The van der Waals surface area contributed by atoms with Gasteiger partial charge in [-0.1, -0.05) is 19.9 Å². The Kier molecular flexibility index (Phi) is 4.43. The van der Waals surface area contributed by atoms with Gasteiger partial charge in [-0.05, 0) is 18.1 Å². The number of ether oxygens (including phenoxy) is 2. The first kappa shape index (κ1) is 11.9. The van der Waals surface area contributed by atoms with Crippen LogP contribution >= 0.6 is 0 Å². The van der Waals surface area contributed by atoms with E-state index in [1.165, 1.54) is 0 Å². The zero-order valence-corrected chi connectivity index (χ0v) is 9.43. The lowest BCUT2D eigenvalue weighted by Crippen LogP contribution is -2.23. The molecule has 0 bridgehead atoms. The smallest absolute Gasteiger partial charge is 0.123 e. The number of methoxy groups -OCH3 is 1. The number of hydrogen-bond donors (Lipinski definition) is 1. The molecule has 1 atom stereocenters. The molecule has 3 nitrogen and oxygen atoms in total. The van der Waals surface area contributed by atoms with Gasteiger partial charge in [0.1, 0.15) is 18.1 Å². The molecule has 0 aliphatic carbocycles. The lowest BCUT2D eigenvalue weighted by Gasteiger charge is -2.15. The molecule has 15 heavy (non-hydrogen) atoms. The molecule has 0 amide bonds. The van der Waals surface area contributed by atoms with Gasteiger partial charge in [-0.2, -0.15) is 0 Å². The van der Waals surface area contributed by atoms with Crippen molar-refractivity contribution >= 4 is 0 Å². The predicted octanol–water partition coefficient (Wildman–Crippen LogP) is 2.09. The fourth-order valence-corrected chi connectivity index (χ4v) is 1.07. The summed E-state index contributed by atoms with van der Waals surface area (Å²) in [6, 6.07) is 7.35.